The number of benzene rings is 8. The summed E-state index contributed by atoms with van der Waals surface area (Å²) < 4.78 is 0. The van der Waals surface area contributed by atoms with E-state index in [-0.39, 0.29) is 0 Å². The molecule has 0 fully saturated rings. The summed E-state index contributed by atoms with van der Waals surface area (Å²) in [6.45, 7) is 0. The van der Waals surface area contributed by atoms with Crippen molar-refractivity contribution >= 4 is 44.2 Å². The van der Waals surface area contributed by atoms with Crippen molar-refractivity contribution in [3.8, 4) is 33.4 Å². The molecule has 0 radical (unpaired) electrons. The number of hydrogen-bond acceptors (Lipinski definition) is 1. The number of rotatable bonds is 7. The summed E-state index contributed by atoms with van der Waals surface area (Å²) in [4.78, 5) is 2.43. The molecule has 1 heteroatoms. The number of hydrogen-bond donors (Lipinski definition) is 0. The SMILES string of the molecule is C1=C(c2cc(-c3ccccc3)cc(N(c3ccc(-c4ccccc4)cc3)c3ccc(-c4cc5ccccc5c5ccccc45)cc3)c2)CCCC1. The standard InChI is InChI=1S/C50H39N/c1-4-14-36(15-5-1)39-24-28-44(29-25-39)51(46-33-42(37-16-6-2-7-17-37)32-43(34-46)38-18-8-3-9-19-38)45-30-26-40(27-31-45)50-35-41-20-10-11-21-47(41)48-22-12-13-23-49(48)50/h1-2,4-7,10-18,20-35H,3,8-9,19H2. The molecule has 0 aromatic heterocycles. The van der Waals surface area contributed by atoms with Gasteiger partial charge in [-0.2, -0.15) is 0 Å². The molecule has 51 heavy (non-hydrogen) atoms. The Kier molecular flexibility index (Phi) is 8.24. The van der Waals surface area contributed by atoms with Crippen LogP contribution in [-0.2, 0) is 0 Å². The molecule has 8 aromatic carbocycles. The van der Waals surface area contributed by atoms with Gasteiger partial charge in [-0.25, -0.2) is 0 Å². The maximum Gasteiger partial charge on any atom is 0.0473 e. The minimum Gasteiger partial charge on any atom is -0.310 e. The zero-order valence-corrected chi connectivity index (χ0v) is 28.7. The molecule has 1 aliphatic rings. The Morgan fingerprint density at radius 1 is 0.353 bits per heavy atom. The van der Waals surface area contributed by atoms with Crippen molar-refractivity contribution in [2.24, 2.45) is 0 Å². The lowest BCUT2D eigenvalue weighted by Gasteiger charge is -2.28. The highest BCUT2D eigenvalue weighted by Gasteiger charge is 2.18. The van der Waals surface area contributed by atoms with Crippen LogP contribution in [0.1, 0.15) is 31.2 Å². The number of anilines is 3. The van der Waals surface area contributed by atoms with Crippen molar-refractivity contribution in [3.63, 3.8) is 0 Å². The summed E-state index contributed by atoms with van der Waals surface area (Å²) in [5.41, 5.74) is 13.6. The normalized spacial score (nSPS) is 12.9. The lowest BCUT2D eigenvalue weighted by Crippen LogP contribution is -2.11. The highest BCUT2D eigenvalue weighted by molar-refractivity contribution is 6.13. The Morgan fingerprint density at radius 3 is 1.57 bits per heavy atom. The van der Waals surface area contributed by atoms with E-state index in [1.807, 2.05) is 0 Å². The van der Waals surface area contributed by atoms with Crippen molar-refractivity contribution in [1.82, 2.24) is 0 Å². The average molecular weight is 654 g/mol. The van der Waals surface area contributed by atoms with Crippen LogP contribution >= 0.6 is 0 Å². The van der Waals surface area contributed by atoms with Crippen LogP contribution in [0.25, 0.3) is 60.5 Å². The molecule has 8 aromatic rings. The lowest BCUT2D eigenvalue weighted by atomic mass is 9.91. The molecular formula is C50H39N. The van der Waals surface area contributed by atoms with E-state index in [2.05, 4.69) is 193 Å². The molecule has 1 aliphatic carbocycles. The van der Waals surface area contributed by atoms with E-state index in [4.69, 9.17) is 0 Å². The molecule has 0 heterocycles. The number of allylic oxidation sites excluding steroid dienone is 2. The molecule has 0 atom stereocenters. The van der Waals surface area contributed by atoms with Gasteiger partial charge in [-0.05, 0) is 140 Å². The van der Waals surface area contributed by atoms with Crippen LogP contribution < -0.4 is 4.90 Å². The van der Waals surface area contributed by atoms with Gasteiger partial charge < -0.3 is 4.90 Å². The molecule has 0 spiro atoms. The van der Waals surface area contributed by atoms with E-state index in [9.17, 15) is 0 Å². The van der Waals surface area contributed by atoms with Crippen LogP contribution in [0, 0.1) is 0 Å². The van der Waals surface area contributed by atoms with Crippen molar-refractivity contribution in [1.29, 1.82) is 0 Å². The van der Waals surface area contributed by atoms with Crippen molar-refractivity contribution < 1.29 is 0 Å². The van der Waals surface area contributed by atoms with Gasteiger partial charge in [0.05, 0.1) is 0 Å². The van der Waals surface area contributed by atoms with Crippen LogP contribution in [0.2, 0.25) is 0 Å². The van der Waals surface area contributed by atoms with Gasteiger partial charge in [0.1, 0.15) is 0 Å². The largest absolute Gasteiger partial charge is 0.310 e. The topological polar surface area (TPSA) is 3.24 Å². The zero-order chi connectivity index (χ0) is 34.0. The van der Waals surface area contributed by atoms with E-state index >= 15 is 0 Å². The van der Waals surface area contributed by atoms with E-state index in [1.165, 1.54) is 78.9 Å². The van der Waals surface area contributed by atoms with Crippen LogP contribution in [0.15, 0.2) is 188 Å². The van der Waals surface area contributed by atoms with Crippen molar-refractivity contribution in [3.05, 3.63) is 194 Å². The molecule has 0 saturated carbocycles. The summed E-state index contributed by atoms with van der Waals surface area (Å²) >= 11 is 0. The van der Waals surface area contributed by atoms with Gasteiger partial charge in [0.15, 0.2) is 0 Å². The molecule has 0 bridgehead atoms. The summed E-state index contributed by atoms with van der Waals surface area (Å²) in [5, 5.41) is 5.12. The second-order valence-corrected chi connectivity index (χ2v) is 13.6. The third kappa shape index (κ3) is 6.13. The molecule has 0 amide bonds. The Labute approximate surface area is 300 Å². The highest BCUT2D eigenvalue weighted by atomic mass is 15.1. The van der Waals surface area contributed by atoms with Gasteiger partial charge in [-0.3, -0.25) is 0 Å². The minimum absolute atomic E-state index is 1.12. The predicted octanol–water partition coefficient (Wildman–Crippen LogP) is 14.4. The predicted molar refractivity (Wildman–Crippen MR) is 219 cm³/mol. The molecule has 9 rings (SSSR count). The molecule has 0 unspecified atom stereocenters. The maximum atomic E-state index is 2.46. The minimum atomic E-state index is 1.12. The lowest BCUT2D eigenvalue weighted by molar-refractivity contribution is 0.742. The fourth-order valence-electron chi connectivity index (χ4n) is 7.79. The molecule has 0 saturated heterocycles. The smallest absolute Gasteiger partial charge is 0.0473 e. The quantitative estimate of drug-likeness (QED) is 0.155. The van der Waals surface area contributed by atoms with Crippen LogP contribution in [-0.4, -0.2) is 0 Å². The average Bonchev–Trinajstić information content (AvgIpc) is 3.22. The molecule has 244 valence electrons. The Morgan fingerprint density at radius 2 is 0.902 bits per heavy atom. The first kappa shape index (κ1) is 30.8. The van der Waals surface area contributed by atoms with Crippen LogP contribution in [0.3, 0.4) is 0 Å². The Balaban J connectivity index is 1.20. The first-order chi connectivity index (χ1) is 25.3. The molecule has 0 N–H and O–H groups in total. The molecular weight excluding hydrogens is 615 g/mol. The van der Waals surface area contributed by atoms with Gasteiger partial charge in [-0.15, -0.1) is 0 Å². The molecule has 0 aliphatic heterocycles. The van der Waals surface area contributed by atoms with E-state index in [0.29, 0.717) is 0 Å². The molecule has 1 nitrogen and oxygen atoms in total. The van der Waals surface area contributed by atoms with Gasteiger partial charge in [0.2, 0.25) is 0 Å². The summed E-state index contributed by atoms with van der Waals surface area (Å²) in [6, 6.07) is 66.6. The fraction of sp³-hybridized carbons (Fsp3) is 0.0800. The van der Waals surface area contributed by atoms with Crippen LogP contribution in [0.4, 0.5) is 17.1 Å². The van der Waals surface area contributed by atoms with Gasteiger partial charge in [0.25, 0.3) is 0 Å². The van der Waals surface area contributed by atoms with Crippen molar-refractivity contribution in [2.75, 3.05) is 4.90 Å². The maximum absolute atomic E-state index is 2.46. The van der Waals surface area contributed by atoms with Crippen molar-refractivity contribution in [2.45, 2.75) is 25.7 Å². The second kappa shape index (κ2) is 13.6. The third-order valence-corrected chi connectivity index (χ3v) is 10.4. The third-order valence-electron chi connectivity index (χ3n) is 10.4. The first-order valence-electron chi connectivity index (χ1n) is 18.1. The fourth-order valence-corrected chi connectivity index (χ4v) is 7.79. The number of nitrogens with zero attached hydrogens (tertiary/aromatic N) is 1. The second-order valence-electron chi connectivity index (χ2n) is 13.6. The Hall–Kier alpha value is -6.18. The van der Waals surface area contributed by atoms with E-state index in [1.54, 1.807) is 0 Å². The van der Waals surface area contributed by atoms with E-state index < -0.39 is 0 Å². The monoisotopic (exact) mass is 653 g/mol. The van der Waals surface area contributed by atoms with Gasteiger partial charge in [0, 0.05) is 17.1 Å². The highest BCUT2D eigenvalue weighted by Crippen LogP contribution is 2.42. The van der Waals surface area contributed by atoms with Crippen LogP contribution in [0.5, 0.6) is 0 Å². The summed E-state index contributed by atoms with van der Waals surface area (Å²) in [7, 11) is 0. The van der Waals surface area contributed by atoms with E-state index in [0.717, 1.165) is 29.9 Å². The zero-order valence-electron chi connectivity index (χ0n) is 28.7. The summed E-state index contributed by atoms with van der Waals surface area (Å²) in [5.74, 6) is 0. The Bertz CT molecular complexity index is 2490. The summed E-state index contributed by atoms with van der Waals surface area (Å²) in [6.07, 6.45) is 7.24. The number of fused-ring (bicyclic) bond motifs is 3. The van der Waals surface area contributed by atoms with Gasteiger partial charge >= 0.3 is 0 Å². The first-order valence-corrected chi connectivity index (χ1v) is 18.1. The van der Waals surface area contributed by atoms with Gasteiger partial charge in [-0.1, -0.05) is 140 Å².